The van der Waals surface area contributed by atoms with Crippen molar-refractivity contribution in [1.29, 1.82) is 0 Å². The zero-order chi connectivity index (χ0) is 23.9. The van der Waals surface area contributed by atoms with Gasteiger partial charge in [0, 0.05) is 25.2 Å². The zero-order valence-corrected chi connectivity index (χ0v) is 18.1. The number of amides is 3. The number of nitro benzene ring substituents is 1. The molecule has 3 amide bonds. The number of hydrogen-bond acceptors (Lipinski definition) is 7. The molecule has 2 atom stereocenters. The van der Waals surface area contributed by atoms with Crippen molar-refractivity contribution in [2.24, 2.45) is 0 Å². The Morgan fingerprint density at radius 2 is 1.91 bits per heavy atom. The second kappa shape index (κ2) is 10.9. The Labute approximate surface area is 184 Å². The maximum absolute atomic E-state index is 13.0. The van der Waals surface area contributed by atoms with Gasteiger partial charge in [0.15, 0.2) is 0 Å². The molecule has 1 fully saturated rings. The van der Waals surface area contributed by atoms with E-state index in [0.717, 1.165) is 28.6 Å². The topological polar surface area (TPSA) is 188 Å². The first-order valence-electron chi connectivity index (χ1n) is 9.89. The van der Waals surface area contributed by atoms with E-state index in [4.69, 9.17) is 0 Å². The van der Waals surface area contributed by atoms with Gasteiger partial charge < -0.3 is 21.1 Å². The van der Waals surface area contributed by atoms with Crippen LogP contribution in [0.2, 0.25) is 0 Å². The number of carboxylic acid groups (broad SMARTS) is 1. The van der Waals surface area contributed by atoms with Gasteiger partial charge in [-0.25, -0.2) is 18.0 Å². The highest BCUT2D eigenvalue weighted by atomic mass is 32.2. The Bertz CT molecular complexity index is 966. The van der Waals surface area contributed by atoms with Crippen molar-refractivity contribution in [2.75, 3.05) is 19.6 Å². The van der Waals surface area contributed by atoms with Crippen LogP contribution in [-0.2, 0) is 19.6 Å². The average Bonchev–Trinajstić information content (AvgIpc) is 3.26. The summed E-state index contributed by atoms with van der Waals surface area (Å²) in [5.41, 5.74) is -0.278. The summed E-state index contributed by atoms with van der Waals surface area (Å²) >= 11 is 0. The lowest BCUT2D eigenvalue weighted by atomic mass is 10.2. The van der Waals surface area contributed by atoms with Gasteiger partial charge in [-0.05, 0) is 31.4 Å². The summed E-state index contributed by atoms with van der Waals surface area (Å²) < 4.78 is 26.9. The molecule has 0 radical (unpaired) electrons. The van der Waals surface area contributed by atoms with Crippen LogP contribution in [0.4, 0.5) is 10.5 Å². The molecule has 2 rings (SSSR count). The van der Waals surface area contributed by atoms with Crippen molar-refractivity contribution in [3.8, 4) is 0 Å². The van der Waals surface area contributed by atoms with E-state index in [1.807, 2.05) is 6.92 Å². The molecule has 1 aromatic carbocycles. The van der Waals surface area contributed by atoms with E-state index in [9.17, 15) is 38.0 Å². The molecule has 14 heteroatoms. The third kappa shape index (κ3) is 6.13. The number of carbonyl (C=O) groups is 3. The molecule has 0 bridgehead atoms. The highest BCUT2D eigenvalue weighted by Gasteiger charge is 2.40. The van der Waals surface area contributed by atoms with Crippen molar-refractivity contribution in [1.82, 2.24) is 20.3 Å². The maximum Gasteiger partial charge on any atom is 0.328 e. The van der Waals surface area contributed by atoms with Crippen molar-refractivity contribution < 1.29 is 32.8 Å². The fourth-order valence-electron chi connectivity index (χ4n) is 3.13. The van der Waals surface area contributed by atoms with Crippen molar-refractivity contribution in [3.05, 3.63) is 34.4 Å². The number of nitrogens with zero attached hydrogens (tertiary/aromatic N) is 2. The predicted octanol–water partition coefficient (Wildman–Crippen LogP) is 0.0265. The molecule has 0 aromatic heterocycles. The molecule has 1 heterocycles. The van der Waals surface area contributed by atoms with E-state index < -0.39 is 51.5 Å². The van der Waals surface area contributed by atoms with E-state index in [-0.39, 0.29) is 23.5 Å². The van der Waals surface area contributed by atoms with Gasteiger partial charge in [-0.1, -0.05) is 6.92 Å². The second-order valence-corrected chi connectivity index (χ2v) is 8.95. The van der Waals surface area contributed by atoms with E-state index in [2.05, 4.69) is 16.0 Å². The molecule has 13 nitrogen and oxygen atoms in total. The Balaban J connectivity index is 2.10. The normalized spacial score (nSPS) is 17.3. The number of carbonyl (C=O) groups excluding carboxylic acids is 2. The Hall–Kier alpha value is -3.26. The minimum absolute atomic E-state index is 0.0345. The number of sulfonamides is 1. The van der Waals surface area contributed by atoms with Crippen LogP contribution in [0.1, 0.15) is 26.2 Å². The van der Waals surface area contributed by atoms with Crippen molar-refractivity contribution in [3.63, 3.8) is 0 Å². The number of nitrogens with one attached hydrogen (secondary N) is 3. The quantitative estimate of drug-likeness (QED) is 0.271. The van der Waals surface area contributed by atoms with E-state index in [0.29, 0.717) is 19.4 Å². The molecule has 1 aliphatic heterocycles. The molecule has 1 aromatic rings. The predicted molar refractivity (Wildman–Crippen MR) is 111 cm³/mol. The van der Waals surface area contributed by atoms with Crippen LogP contribution in [0.3, 0.4) is 0 Å². The fourth-order valence-corrected chi connectivity index (χ4v) is 4.79. The molecule has 0 spiro atoms. The number of benzene rings is 1. The molecule has 1 aliphatic rings. The standard InChI is InChI=1S/C18H25N5O8S/c1-2-9-19-18(27)20-11-14(17(25)26)21-16(24)15-4-3-10-22(15)32(30,31)13-7-5-12(6-8-13)23(28)29/h5-8,14-15H,2-4,9-11H2,1H3,(H,21,24)(H,25,26)(H2,19,20,27)/t14-,15-/m0/s1. The zero-order valence-electron chi connectivity index (χ0n) is 17.3. The van der Waals surface area contributed by atoms with Gasteiger partial charge in [-0.15, -0.1) is 0 Å². The van der Waals surface area contributed by atoms with Crippen LogP contribution in [-0.4, -0.2) is 72.4 Å². The minimum atomic E-state index is -4.14. The molecule has 0 unspecified atom stereocenters. The Kier molecular flexibility index (Phi) is 8.48. The van der Waals surface area contributed by atoms with Crippen molar-refractivity contribution in [2.45, 2.75) is 43.2 Å². The van der Waals surface area contributed by atoms with Crippen molar-refractivity contribution >= 4 is 33.6 Å². The minimum Gasteiger partial charge on any atom is -0.480 e. The SMILES string of the molecule is CCCNC(=O)NC[C@H](NC(=O)[C@@H]1CCCN1S(=O)(=O)c1ccc([N+](=O)[O-])cc1)C(=O)O. The molecular formula is C18H25N5O8S. The van der Waals surface area contributed by atoms with E-state index >= 15 is 0 Å². The first-order chi connectivity index (χ1) is 15.1. The Morgan fingerprint density at radius 3 is 2.47 bits per heavy atom. The highest BCUT2D eigenvalue weighted by Crippen LogP contribution is 2.27. The third-order valence-electron chi connectivity index (χ3n) is 4.78. The molecule has 4 N–H and O–H groups in total. The van der Waals surface area contributed by atoms with Crippen LogP contribution in [0.25, 0.3) is 0 Å². The fraction of sp³-hybridized carbons (Fsp3) is 0.500. The van der Waals surface area contributed by atoms with Crippen LogP contribution in [0.5, 0.6) is 0 Å². The molecule has 32 heavy (non-hydrogen) atoms. The highest BCUT2D eigenvalue weighted by molar-refractivity contribution is 7.89. The summed E-state index contributed by atoms with van der Waals surface area (Å²) in [6, 6.07) is 1.07. The van der Waals surface area contributed by atoms with Crippen LogP contribution in [0.15, 0.2) is 29.2 Å². The summed E-state index contributed by atoms with van der Waals surface area (Å²) in [5.74, 6) is -2.20. The van der Waals surface area contributed by atoms with Crippen LogP contribution < -0.4 is 16.0 Å². The summed E-state index contributed by atoms with van der Waals surface area (Å²) in [5, 5.41) is 27.3. The number of rotatable bonds is 10. The number of urea groups is 1. The summed E-state index contributed by atoms with van der Waals surface area (Å²) in [4.78, 5) is 45.7. The van der Waals surface area contributed by atoms with Gasteiger partial charge in [-0.2, -0.15) is 4.31 Å². The lowest BCUT2D eigenvalue weighted by Crippen LogP contribution is -2.54. The average molecular weight is 471 g/mol. The summed E-state index contributed by atoms with van der Waals surface area (Å²) in [6.45, 7) is 1.89. The number of nitro groups is 1. The molecule has 176 valence electrons. The largest absolute Gasteiger partial charge is 0.480 e. The summed E-state index contributed by atoms with van der Waals surface area (Å²) in [7, 11) is -4.14. The third-order valence-corrected chi connectivity index (χ3v) is 6.70. The lowest BCUT2D eigenvalue weighted by molar-refractivity contribution is -0.384. The van der Waals surface area contributed by atoms with E-state index in [1.54, 1.807) is 0 Å². The van der Waals surface area contributed by atoms with Gasteiger partial charge in [0.25, 0.3) is 5.69 Å². The number of carboxylic acids is 1. The molecule has 0 saturated carbocycles. The number of hydrogen-bond donors (Lipinski definition) is 4. The number of non-ortho nitro benzene ring substituents is 1. The molecular weight excluding hydrogens is 446 g/mol. The molecule has 1 saturated heterocycles. The molecule has 0 aliphatic carbocycles. The van der Waals surface area contributed by atoms with E-state index in [1.165, 1.54) is 0 Å². The maximum atomic E-state index is 13.0. The first kappa shape index (κ1) is 25.0. The first-order valence-corrected chi connectivity index (χ1v) is 11.3. The summed E-state index contributed by atoms with van der Waals surface area (Å²) in [6.07, 6.45) is 1.24. The van der Waals surface area contributed by atoms with Gasteiger partial charge in [0.05, 0.1) is 16.4 Å². The van der Waals surface area contributed by atoms with Gasteiger partial charge in [0.2, 0.25) is 15.9 Å². The van der Waals surface area contributed by atoms with Crippen LogP contribution >= 0.6 is 0 Å². The van der Waals surface area contributed by atoms with Gasteiger partial charge in [-0.3, -0.25) is 14.9 Å². The van der Waals surface area contributed by atoms with Gasteiger partial charge >= 0.3 is 12.0 Å². The Morgan fingerprint density at radius 1 is 1.25 bits per heavy atom. The second-order valence-electron chi connectivity index (χ2n) is 7.06. The lowest BCUT2D eigenvalue weighted by Gasteiger charge is -2.25. The monoisotopic (exact) mass is 471 g/mol. The van der Waals surface area contributed by atoms with Gasteiger partial charge in [0.1, 0.15) is 12.1 Å². The van der Waals surface area contributed by atoms with Crippen LogP contribution in [0, 0.1) is 10.1 Å². The smallest absolute Gasteiger partial charge is 0.328 e. The number of aliphatic carboxylic acids is 1.